The Morgan fingerprint density at radius 2 is 1.26 bits per heavy atom. The Hall–Kier alpha value is -4.35. The van der Waals surface area contributed by atoms with E-state index >= 15 is 4.57 Å². The van der Waals surface area contributed by atoms with E-state index in [1.807, 2.05) is 112 Å². The molecule has 0 amide bonds. The largest absolute Gasteiger partial charge is 0.309 e. The predicted octanol–water partition coefficient (Wildman–Crippen LogP) is 7.48. The van der Waals surface area contributed by atoms with E-state index in [1.165, 1.54) is 0 Å². The van der Waals surface area contributed by atoms with Gasteiger partial charge in [0.2, 0.25) is 10.0 Å². The molecule has 1 aliphatic heterocycles. The molecule has 6 aromatic rings. The highest BCUT2D eigenvalue weighted by molar-refractivity contribution is 7.89. The summed E-state index contributed by atoms with van der Waals surface area (Å²) in [4.78, 5) is 5.27. The summed E-state index contributed by atoms with van der Waals surface area (Å²) >= 11 is 0. The molecular weight excluding hydrogens is 607 g/mol. The third kappa shape index (κ3) is 4.75. The van der Waals surface area contributed by atoms with E-state index in [9.17, 15) is 8.42 Å². The number of nitrogens with zero attached hydrogens (tertiary/aromatic N) is 2. The van der Waals surface area contributed by atoms with Gasteiger partial charge in [-0.15, -0.1) is 0 Å². The lowest BCUT2D eigenvalue weighted by atomic mass is 9.90. The zero-order valence-corrected chi connectivity index (χ0v) is 28.1. The van der Waals surface area contributed by atoms with Crippen molar-refractivity contribution in [2.45, 2.75) is 45.7 Å². The van der Waals surface area contributed by atoms with Gasteiger partial charge in [-0.2, -0.15) is 4.31 Å². The number of hydrogen-bond donors (Lipinski definition) is 0. The minimum Gasteiger partial charge on any atom is -0.309 e. The van der Waals surface area contributed by atoms with Gasteiger partial charge in [-0.05, 0) is 79.1 Å². The number of hydrogen-bond acceptors (Lipinski definition) is 4. The Morgan fingerprint density at radius 1 is 0.674 bits per heavy atom. The second kappa shape index (κ2) is 11.5. The molecule has 0 bridgehead atoms. The normalized spacial score (nSPS) is 13.7. The lowest BCUT2D eigenvalue weighted by Crippen LogP contribution is -2.30. The standard InChI is InChI=1S/C39H35N2O3PS/c1-26-18-20-33(21-19-26)46(43,44)41-24-34-28(3)37(38-36-27(2)12-11-13-30(36)22-23-40-38)39(29(4)35(34)25-41)45(42,31-14-7-5-8-15-31)32-16-9-6-10-17-32/h5-23H,24-25H2,1-4H3. The Morgan fingerprint density at radius 3 is 1.87 bits per heavy atom. The van der Waals surface area contributed by atoms with Crippen LogP contribution >= 0.6 is 7.14 Å². The lowest BCUT2D eigenvalue weighted by molar-refractivity contribution is 0.431. The van der Waals surface area contributed by atoms with Gasteiger partial charge in [-0.1, -0.05) is 96.6 Å². The smallest absolute Gasteiger partial charge is 0.243 e. The van der Waals surface area contributed by atoms with Crippen molar-refractivity contribution < 1.29 is 13.0 Å². The fourth-order valence-electron chi connectivity index (χ4n) is 6.94. The number of aromatic nitrogens is 1. The molecule has 0 N–H and O–H groups in total. The highest BCUT2D eigenvalue weighted by Crippen LogP contribution is 2.50. The molecule has 7 rings (SSSR count). The van der Waals surface area contributed by atoms with Gasteiger partial charge in [-0.3, -0.25) is 4.98 Å². The third-order valence-corrected chi connectivity index (χ3v) is 14.4. The first kappa shape index (κ1) is 30.3. The fourth-order valence-corrected chi connectivity index (χ4v) is 11.5. The lowest BCUT2D eigenvalue weighted by Gasteiger charge is -2.28. The molecule has 1 aliphatic rings. The number of benzene rings is 5. The van der Waals surface area contributed by atoms with Crippen LogP contribution in [-0.2, 0) is 27.7 Å². The van der Waals surface area contributed by atoms with Crippen molar-refractivity contribution in [3.05, 3.63) is 149 Å². The van der Waals surface area contributed by atoms with E-state index in [4.69, 9.17) is 4.98 Å². The fraction of sp³-hybridized carbons (Fsp3) is 0.154. The molecule has 5 nitrogen and oxygen atoms in total. The Kier molecular flexibility index (Phi) is 7.56. The predicted molar refractivity (Wildman–Crippen MR) is 188 cm³/mol. The molecule has 0 fully saturated rings. The summed E-state index contributed by atoms with van der Waals surface area (Å²) in [6, 6.07) is 34.5. The Labute approximate surface area is 271 Å². The molecule has 0 radical (unpaired) electrons. The molecule has 0 atom stereocenters. The quantitative estimate of drug-likeness (QED) is 0.177. The van der Waals surface area contributed by atoms with Crippen LogP contribution in [-0.4, -0.2) is 17.7 Å². The molecule has 0 unspecified atom stereocenters. The maximum atomic E-state index is 16.2. The first-order valence-electron chi connectivity index (χ1n) is 15.4. The van der Waals surface area contributed by atoms with Crippen molar-refractivity contribution in [3.63, 3.8) is 0 Å². The van der Waals surface area contributed by atoms with Crippen molar-refractivity contribution in [2.75, 3.05) is 0 Å². The summed E-state index contributed by atoms with van der Waals surface area (Å²) in [7, 11) is -7.28. The number of sulfonamides is 1. The first-order valence-corrected chi connectivity index (χ1v) is 18.6. The number of fused-ring (bicyclic) bond motifs is 2. The Bertz CT molecular complexity index is 2240. The van der Waals surface area contributed by atoms with Gasteiger partial charge in [0.1, 0.15) is 0 Å². The molecule has 2 heterocycles. The molecule has 1 aromatic heterocycles. The number of rotatable bonds is 6. The number of aryl methyl sites for hydroxylation is 2. The van der Waals surface area contributed by atoms with E-state index in [1.54, 1.807) is 16.4 Å². The number of pyridine rings is 1. The zero-order chi connectivity index (χ0) is 32.2. The van der Waals surface area contributed by atoms with E-state index < -0.39 is 17.2 Å². The van der Waals surface area contributed by atoms with Crippen LogP contribution in [0.4, 0.5) is 0 Å². The van der Waals surface area contributed by atoms with Gasteiger partial charge in [0.25, 0.3) is 0 Å². The average Bonchev–Trinajstić information content (AvgIpc) is 3.55. The van der Waals surface area contributed by atoms with Crippen LogP contribution in [0.1, 0.15) is 33.4 Å². The van der Waals surface area contributed by atoms with Crippen molar-refractivity contribution in [2.24, 2.45) is 0 Å². The average molecular weight is 643 g/mol. The van der Waals surface area contributed by atoms with Crippen molar-refractivity contribution in [1.29, 1.82) is 0 Å². The van der Waals surface area contributed by atoms with Gasteiger partial charge in [-0.25, -0.2) is 8.42 Å². The van der Waals surface area contributed by atoms with E-state index in [-0.39, 0.29) is 18.0 Å². The minimum atomic E-state index is -3.78. The maximum absolute atomic E-state index is 16.2. The monoisotopic (exact) mass is 642 g/mol. The van der Waals surface area contributed by atoms with Gasteiger partial charge in [0, 0.05) is 46.1 Å². The third-order valence-electron chi connectivity index (χ3n) is 9.36. The van der Waals surface area contributed by atoms with Crippen LogP contribution in [0.25, 0.3) is 22.0 Å². The van der Waals surface area contributed by atoms with Gasteiger partial charge >= 0.3 is 0 Å². The van der Waals surface area contributed by atoms with Crippen LogP contribution in [0, 0.1) is 27.7 Å². The molecule has 0 saturated heterocycles. The summed E-state index contributed by atoms with van der Waals surface area (Å²) in [6.07, 6.45) is 1.81. The van der Waals surface area contributed by atoms with Crippen molar-refractivity contribution >= 4 is 43.9 Å². The summed E-state index contributed by atoms with van der Waals surface area (Å²) in [6.45, 7) is 8.51. The summed E-state index contributed by atoms with van der Waals surface area (Å²) in [5, 5.41) is 4.22. The van der Waals surface area contributed by atoms with Crippen LogP contribution in [0.2, 0.25) is 0 Å². The van der Waals surface area contributed by atoms with Crippen LogP contribution in [0.5, 0.6) is 0 Å². The topological polar surface area (TPSA) is 67.3 Å². The maximum Gasteiger partial charge on any atom is 0.243 e. The molecule has 0 saturated carbocycles. The summed E-state index contributed by atoms with van der Waals surface area (Å²) < 4.78 is 45.7. The molecule has 0 aliphatic carbocycles. The van der Waals surface area contributed by atoms with Crippen LogP contribution in [0.15, 0.2) is 120 Å². The summed E-state index contributed by atoms with van der Waals surface area (Å²) in [5.74, 6) is 0. The van der Waals surface area contributed by atoms with Crippen LogP contribution in [0.3, 0.4) is 0 Å². The van der Waals surface area contributed by atoms with Gasteiger partial charge in [0.15, 0.2) is 7.14 Å². The second-order valence-electron chi connectivity index (χ2n) is 12.1. The molecule has 230 valence electrons. The minimum absolute atomic E-state index is 0.205. The van der Waals surface area contributed by atoms with E-state index in [0.29, 0.717) is 0 Å². The summed E-state index contributed by atoms with van der Waals surface area (Å²) in [5.41, 5.74) is 7.28. The molecule has 0 spiro atoms. The zero-order valence-electron chi connectivity index (χ0n) is 26.4. The SMILES string of the molecule is Cc1ccc(S(=O)(=O)N2Cc3c(C)c(-c4nccc5cccc(C)c45)c(P(=O)(c4ccccc4)c4ccccc4)c(C)c3C2)cc1. The second-order valence-corrected chi connectivity index (χ2v) is 16.8. The molecule has 46 heavy (non-hydrogen) atoms. The van der Waals surface area contributed by atoms with Crippen molar-refractivity contribution in [1.82, 2.24) is 9.29 Å². The van der Waals surface area contributed by atoms with Gasteiger partial charge < -0.3 is 4.57 Å². The molecular formula is C39H35N2O3PS. The highest BCUT2D eigenvalue weighted by Gasteiger charge is 2.41. The molecule has 7 heteroatoms. The molecule has 5 aromatic carbocycles. The van der Waals surface area contributed by atoms with E-state index in [0.717, 1.165) is 71.3 Å². The highest BCUT2D eigenvalue weighted by atomic mass is 32.2. The Balaban J connectivity index is 1.57. The van der Waals surface area contributed by atoms with Crippen molar-refractivity contribution in [3.8, 4) is 11.3 Å². The first-order chi connectivity index (χ1) is 22.1. The van der Waals surface area contributed by atoms with Gasteiger partial charge in [0.05, 0.1) is 10.6 Å². The van der Waals surface area contributed by atoms with Crippen LogP contribution < -0.4 is 15.9 Å². The van der Waals surface area contributed by atoms with E-state index in [2.05, 4.69) is 19.1 Å².